The summed E-state index contributed by atoms with van der Waals surface area (Å²) in [6.45, 7) is 8.87. The third kappa shape index (κ3) is 7.59. The Kier molecular flexibility index (Phi) is 10.3. The van der Waals surface area contributed by atoms with Gasteiger partial charge in [0.05, 0.1) is 17.2 Å². The highest BCUT2D eigenvalue weighted by Gasteiger charge is 2.33. The number of benzene rings is 3. The lowest BCUT2D eigenvalue weighted by Gasteiger charge is -2.32. The highest BCUT2D eigenvalue weighted by molar-refractivity contribution is 7.92. The van der Waals surface area contributed by atoms with Crippen LogP contribution in [0.25, 0.3) is 0 Å². The molecule has 0 bridgehead atoms. The molecular weight excluding hydrogens is 533 g/mol. The average Bonchev–Trinajstić information content (AvgIpc) is 2.91. The molecule has 3 aromatic rings. The normalized spacial score (nSPS) is 12.1. The summed E-state index contributed by atoms with van der Waals surface area (Å²) in [5, 5.41) is 2.82. The fraction of sp³-hybridized carbons (Fsp3) is 0.333. The first-order valence-electron chi connectivity index (χ1n) is 13.1. The number of hydrogen-bond acceptors (Lipinski definition) is 5. The van der Waals surface area contributed by atoms with Crippen LogP contribution in [0.15, 0.2) is 77.7 Å². The maximum absolute atomic E-state index is 13.9. The molecule has 0 unspecified atom stereocenters. The zero-order valence-corrected chi connectivity index (χ0v) is 24.2. The summed E-state index contributed by atoms with van der Waals surface area (Å²) in [4.78, 5) is 28.2. The number of aryl methyl sites for hydroxylation is 1. The van der Waals surface area contributed by atoms with E-state index in [-0.39, 0.29) is 29.1 Å². The molecule has 8 nitrogen and oxygen atoms in total. The van der Waals surface area contributed by atoms with Gasteiger partial charge < -0.3 is 15.0 Å². The van der Waals surface area contributed by atoms with Crippen molar-refractivity contribution in [2.24, 2.45) is 0 Å². The van der Waals surface area contributed by atoms with Crippen molar-refractivity contribution < 1.29 is 27.1 Å². The third-order valence-electron chi connectivity index (χ3n) is 6.32. The number of rotatable bonds is 12. The van der Waals surface area contributed by atoms with E-state index >= 15 is 0 Å². The molecule has 1 atom stereocenters. The lowest BCUT2D eigenvalue weighted by molar-refractivity contribution is -0.139. The summed E-state index contributed by atoms with van der Waals surface area (Å²) in [6.07, 6.45) is 0. The molecule has 3 aromatic carbocycles. The number of amides is 2. The van der Waals surface area contributed by atoms with Crippen molar-refractivity contribution >= 4 is 27.5 Å². The summed E-state index contributed by atoms with van der Waals surface area (Å²) < 4.78 is 47.8. The Hall–Kier alpha value is -3.92. The van der Waals surface area contributed by atoms with Crippen LogP contribution in [0.2, 0.25) is 0 Å². The van der Waals surface area contributed by atoms with E-state index in [0.29, 0.717) is 12.4 Å². The molecule has 40 heavy (non-hydrogen) atoms. The van der Waals surface area contributed by atoms with Gasteiger partial charge in [0.2, 0.25) is 11.8 Å². The predicted molar refractivity (Wildman–Crippen MR) is 153 cm³/mol. The number of halogens is 1. The van der Waals surface area contributed by atoms with Gasteiger partial charge in [0, 0.05) is 12.6 Å². The number of sulfonamides is 1. The molecule has 10 heteroatoms. The van der Waals surface area contributed by atoms with Gasteiger partial charge in [-0.05, 0) is 94.3 Å². The number of ether oxygens (including phenoxy) is 1. The topological polar surface area (TPSA) is 96.0 Å². The van der Waals surface area contributed by atoms with E-state index in [2.05, 4.69) is 5.32 Å². The summed E-state index contributed by atoms with van der Waals surface area (Å²) in [5.74, 6) is -0.998. The van der Waals surface area contributed by atoms with Crippen LogP contribution in [-0.4, -0.2) is 50.4 Å². The predicted octanol–water partition coefficient (Wildman–Crippen LogP) is 4.67. The molecule has 1 N–H and O–H groups in total. The molecule has 0 saturated carbocycles. The van der Waals surface area contributed by atoms with E-state index in [9.17, 15) is 22.4 Å². The minimum Gasteiger partial charge on any atom is -0.494 e. The maximum atomic E-state index is 13.9. The van der Waals surface area contributed by atoms with Gasteiger partial charge in [-0.2, -0.15) is 0 Å². The lowest BCUT2D eigenvalue weighted by Crippen LogP contribution is -2.52. The first-order chi connectivity index (χ1) is 18.9. The van der Waals surface area contributed by atoms with Crippen LogP contribution in [0.1, 0.15) is 38.8 Å². The van der Waals surface area contributed by atoms with Gasteiger partial charge in [-0.25, -0.2) is 12.8 Å². The Morgan fingerprint density at radius 3 is 2.15 bits per heavy atom. The van der Waals surface area contributed by atoms with E-state index in [0.717, 1.165) is 27.6 Å². The van der Waals surface area contributed by atoms with Gasteiger partial charge in [0.25, 0.3) is 10.0 Å². The standard InChI is InChI=1S/C30H36FN3O5S/c1-6-39-27-15-17-28(18-16-27)40(37,38)34(26-13-11-25(31)12-14-26)20-29(35)33(23(5)30(36)32-21(2)3)19-24-10-8-7-9-22(24)4/h7-18,21,23H,6,19-20H2,1-5H3,(H,32,36)/t23-/m1/s1. The summed E-state index contributed by atoms with van der Waals surface area (Å²) in [5.41, 5.74) is 1.86. The van der Waals surface area contributed by atoms with Crippen LogP contribution < -0.4 is 14.4 Å². The minimum absolute atomic E-state index is 0.0656. The Morgan fingerprint density at radius 2 is 1.57 bits per heavy atom. The van der Waals surface area contributed by atoms with E-state index in [1.807, 2.05) is 52.0 Å². The van der Waals surface area contributed by atoms with Crippen molar-refractivity contribution in [2.75, 3.05) is 17.5 Å². The summed E-state index contributed by atoms with van der Waals surface area (Å²) in [7, 11) is -4.27. The van der Waals surface area contributed by atoms with E-state index in [4.69, 9.17) is 4.74 Å². The van der Waals surface area contributed by atoms with Gasteiger partial charge in [-0.3, -0.25) is 13.9 Å². The van der Waals surface area contributed by atoms with Crippen LogP contribution in [0, 0.1) is 12.7 Å². The number of hydrogen-bond donors (Lipinski definition) is 1. The maximum Gasteiger partial charge on any atom is 0.264 e. The molecule has 0 aliphatic carbocycles. The number of carbonyl (C=O) groups excluding carboxylic acids is 2. The van der Waals surface area contributed by atoms with Gasteiger partial charge in [0.15, 0.2) is 0 Å². The van der Waals surface area contributed by atoms with Crippen molar-refractivity contribution in [3.63, 3.8) is 0 Å². The molecule has 2 amide bonds. The average molecular weight is 570 g/mol. The minimum atomic E-state index is -4.27. The van der Waals surface area contributed by atoms with Crippen LogP contribution in [0.5, 0.6) is 5.75 Å². The number of anilines is 1. The molecule has 0 aliphatic heterocycles. The molecule has 0 fully saturated rings. The van der Waals surface area contributed by atoms with Gasteiger partial charge in [-0.1, -0.05) is 24.3 Å². The highest BCUT2D eigenvalue weighted by atomic mass is 32.2. The fourth-order valence-electron chi connectivity index (χ4n) is 4.10. The molecule has 0 heterocycles. The zero-order valence-electron chi connectivity index (χ0n) is 23.4. The van der Waals surface area contributed by atoms with Gasteiger partial charge in [-0.15, -0.1) is 0 Å². The first kappa shape index (κ1) is 30.6. The van der Waals surface area contributed by atoms with Crippen LogP contribution in [-0.2, 0) is 26.2 Å². The Labute approximate surface area is 235 Å². The third-order valence-corrected chi connectivity index (χ3v) is 8.10. The Balaban J connectivity index is 2.03. The molecule has 0 saturated heterocycles. The first-order valence-corrected chi connectivity index (χ1v) is 14.5. The molecule has 214 valence electrons. The van der Waals surface area contributed by atoms with E-state index < -0.39 is 34.3 Å². The smallest absolute Gasteiger partial charge is 0.264 e. The number of nitrogens with one attached hydrogen (secondary N) is 1. The number of nitrogens with zero attached hydrogens (tertiary/aromatic N) is 2. The molecular formula is C30H36FN3O5S. The zero-order chi connectivity index (χ0) is 29.4. The Bertz CT molecular complexity index is 1410. The highest BCUT2D eigenvalue weighted by Crippen LogP contribution is 2.26. The van der Waals surface area contributed by atoms with Gasteiger partial charge in [0.1, 0.15) is 24.2 Å². The molecule has 0 aliphatic rings. The van der Waals surface area contributed by atoms with Crippen molar-refractivity contribution in [1.29, 1.82) is 0 Å². The summed E-state index contributed by atoms with van der Waals surface area (Å²) in [6, 6.07) is 17.1. The van der Waals surface area contributed by atoms with Crippen LogP contribution >= 0.6 is 0 Å². The second kappa shape index (κ2) is 13.4. The van der Waals surface area contributed by atoms with E-state index in [1.54, 1.807) is 6.92 Å². The Morgan fingerprint density at radius 1 is 0.950 bits per heavy atom. The molecule has 3 rings (SSSR count). The summed E-state index contributed by atoms with van der Waals surface area (Å²) >= 11 is 0. The lowest BCUT2D eigenvalue weighted by atomic mass is 10.1. The fourth-order valence-corrected chi connectivity index (χ4v) is 5.51. The number of carbonyl (C=O) groups is 2. The van der Waals surface area contributed by atoms with Crippen molar-refractivity contribution in [3.8, 4) is 5.75 Å². The molecule has 0 aromatic heterocycles. The van der Waals surface area contributed by atoms with Crippen molar-refractivity contribution in [2.45, 2.75) is 58.1 Å². The molecule has 0 spiro atoms. The quantitative estimate of drug-likeness (QED) is 0.342. The van der Waals surface area contributed by atoms with Crippen LogP contribution in [0.4, 0.5) is 10.1 Å². The second-order valence-electron chi connectivity index (χ2n) is 9.68. The van der Waals surface area contributed by atoms with Crippen LogP contribution in [0.3, 0.4) is 0 Å². The van der Waals surface area contributed by atoms with Crippen molar-refractivity contribution in [1.82, 2.24) is 10.2 Å². The van der Waals surface area contributed by atoms with Gasteiger partial charge >= 0.3 is 0 Å². The molecule has 0 radical (unpaired) electrons. The second-order valence-corrected chi connectivity index (χ2v) is 11.5. The largest absolute Gasteiger partial charge is 0.494 e. The van der Waals surface area contributed by atoms with Crippen molar-refractivity contribution in [3.05, 3.63) is 89.7 Å². The van der Waals surface area contributed by atoms with E-state index in [1.165, 1.54) is 41.3 Å². The monoisotopic (exact) mass is 569 g/mol. The SMILES string of the molecule is CCOc1ccc(S(=O)(=O)N(CC(=O)N(Cc2ccccc2C)[C@H](C)C(=O)NC(C)C)c2ccc(F)cc2)cc1.